The number of hydrogen-bond donors (Lipinski definition) is 0. The Bertz CT molecular complexity index is 3420. The molecule has 9 aromatic carbocycles. The van der Waals surface area contributed by atoms with Crippen LogP contribution in [0.5, 0.6) is 0 Å². The molecule has 3 aromatic heterocycles. The minimum atomic E-state index is 0.850. The predicted molar refractivity (Wildman–Crippen MR) is 229 cm³/mol. The second-order valence-corrected chi connectivity index (χ2v) is 14.4. The highest BCUT2D eigenvalue weighted by Crippen LogP contribution is 2.46. The quantitative estimate of drug-likeness (QED) is 0.171. The van der Waals surface area contributed by atoms with Crippen LogP contribution in [0.4, 0.5) is 0 Å². The van der Waals surface area contributed by atoms with E-state index in [0.29, 0.717) is 0 Å². The van der Waals surface area contributed by atoms with E-state index >= 15 is 0 Å². The number of rotatable bonds is 4. The molecule has 55 heavy (non-hydrogen) atoms. The van der Waals surface area contributed by atoms with Crippen LogP contribution in [0.25, 0.3) is 115 Å². The highest BCUT2D eigenvalue weighted by atomic mass is 16.3. The number of furan rings is 2. The number of nitrogens with zero attached hydrogens (tertiary/aromatic N) is 1. The smallest absolute Gasteiger partial charge is 0.136 e. The minimum absolute atomic E-state index is 0.850. The zero-order chi connectivity index (χ0) is 36.0. The predicted octanol–water partition coefficient (Wildman–Crippen LogP) is 14.7. The van der Waals surface area contributed by atoms with Crippen LogP contribution in [0.1, 0.15) is 0 Å². The maximum atomic E-state index is 6.52. The fourth-order valence-corrected chi connectivity index (χ4v) is 9.03. The van der Waals surface area contributed by atoms with Crippen molar-refractivity contribution in [3.63, 3.8) is 0 Å². The van der Waals surface area contributed by atoms with Crippen molar-refractivity contribution in [1.82, 2.24) is 4.57 Å². The molecule has 0 aliphatic carbocycles. The van der Waals surface area contributed by atoms with Crippen LogP contribution in [-0.2, 0) is 0 Å². The van der Waals surface area contributed by atoms with Crippen LogP contribution in [0.2, 0.25) is 0 Å². The third kappa shape index (κ3) is 4.44. The summed E-state index contributed by atoms with van der Waals surface area (Å²) >= 11 is 0. The zero-order valence-corrected chi connectivity index (χ0v) is 29.7. The van der Waals surface area contributed by atoms with Gasteiger partial charge in [-0.2, -0.15) is 0 Å². The lowest BCUT2D eigenvalue weighted by Gasteiger charge is -2.18. The Morgan fingerprint density at radius 2 is 0.873 bits per heavy atom. The van der Waals surface area contributed by atoms with Gasteiger partial charge >= 0.3 is 0 Å². The second-order valence-electron chi connectivity index (χ2n) is 14.4. The molecule has 0 radical (unpaired) electrons. The minimum Gasteiger partial charge on any atom is -0.464 e. The molecular formula is C52H31NO2. The summed E-state index contributed by atoms with van der Waals surface area (Å²) in [4.78, 5) is 0. The van der Waals surface area contributed by atoms with Gasteiger partial charge in [-0.15, -0.1) is 0 Å². The van der Waals surface area contributed by atoms with Crippen molar-refractivity contribution in [3.05, 3.63) is 188 Å². The van der Waals surface area contributed by atoms with E-state index < -0.39 is 0 Å². The SMILES string of the molecule is c1ccc(-c2coc3cc4c(cc23)oc2ccc(-c3c5ccccc5c(-c5ccc6c7ccccc7n(-c7ccccc7)c6c5)c5ccccc35)cc24)cc1. The van der Waals surface area contributed by atoms with Gasteiger partial charge in [0, 0.05) is 38.2 Å². The molecular weight excluding hydrogens is 671 g/mol. The van der Waals surface area contributed by atoms with Gasteiger partial charge in [-0.05, 0) is 97.9 Å². The molecule has 0 saturated carbocycles. The van der Waals surface area contributed by atoms with E-state index in [-0.39, 0.29) is 0 Å². The summed E-state index contributed by atoms with van der Waals surface area (Å²) in [5.74, 6) is 0. The Hall–Kier alpha value is -7.36. The molecule has 12 aromatic rings. The van der Waals surface area contributed by atoms with Crippen LogP contribution in [0, 0.1) is 0 Å². The summed E-state index contributed by atoms with van der Waals surface area (Å²) in [5.41, 5.74) is 13.1. The molecule has 12 rings (SSSR count). The average molecular weight is 702 g/mol. The lowest BCUT2D eigenvalue weighted by molar-refractivity contribution is 0.617. The number of para-hydroxylation sites is 2. The van der Waals surface area contributed by atoms with Crippen molar-refractivity contribution in [2.75, 3.05) is 0 Å². The van der Waals surface area contributed by atoms with Gasteiger partial charge in [0.2, 0.25) is 0 Å². The van der Waals surface area contributed by atoms with Crippen molar-refractivity contribution in [3.8, 4) is 39.1 Å². The van der Waals surface area contributed by atoms with E-state index in [0.717, 1.165) is 55.3 Å². The topological polar surface area (TPSA) is 31.2 Å². The Kier molecular flexibility index (Phi) is 6.34. The van der Waals surface area contributed by atoms with Crippen molar-refractivity contribution in [2.45, 2.75) is 0 Å². The molecule has 0 saturated heterocycles. The summed E-state index contributed by atoms with van der Waals surface area (Å²) in [5, 5.41) is 10.5. The normalized spacial score (nSPS) is 12.0. The summed E-state index contributed by atoms with van der Waals surface area (Å²) in [6.07, 6.45) is 1.85. The third-order valence-corrected chi connectivity index (χ3v) is 11.4. The van der Waals surface area contributed by atoms with Crippen LogP contribution < -0.4 is 0 Å². The fraction of sp³-hybridized carbons (Fsp3) is 0. The van der Waals surface area contributed by atoms with Crippen LogP contribution in [-0.4, -0.2) is 4.57 Å². The van der Waals surface area contributed by atoms with Crippen molar-refractivity contribution in [2.24, 2.45) is 0 Å². The molecule has 0 bridgehead atoms. The molecule has 3 heteroatoms. The van der Waals surface area contributed by atoms with E-state index in [1.807, 2.05) is 12.3 Å². The van der Waals surface area contributed by atoms with Crippen LogP contribution >= 0.6 is 0 Å². The Labute approximate surface area is 315 Å². The van der Waals surface area contributed by atoms with Crippen LogP contribution in [0.3, 0.4) is 0 Å². The van der Waals surface area contributed by atoms with E-state index in [1.165, 1.54) is 60.0 Å². The Morgan fingerprint density at radius 3 is 1.58 bits per heavy atom. The molecule has 0 atom stereocenters. The second kappa shape index (κ2) is 11.6. The average Bonchev–Trinajstić information content (AvgIpc) is 3.93. The Morgan fingerprint density at radius 1 is 0.327 bits per heavy atom. The van der Waals surface area contributed by atoms with Gasteiger partial charge in [0.15, 0.2) is 0 Å². The molecule has 0 aliphatic heterocycles. The van der Waals surface area contributed by atoms with Crippen molar-refractivity contribution in [1.29, 1.82) is 0 Å². The summed E-state index contributed by atoms with van der Waals surface area (Å²) < 4.78 is 15.1. The highest BCUT2D eigenvalue weighted by molar-refractivity contribution is 6.23. The van der Waals surface area contributed by atoms with Gasteiger partial charge < -0.3 is 13.4 Å². The van der Waals surface area contributed by atoms with Gasteiger partial charge in [0.1, 0.15) is 16.7 Å². The van der Waals surface area contributed by atoms with Gasteiger partial charge in [-0.3, -0.25) is 0 Å². The first-order valence-electron chi connectivity index (χ1n) is 18.7. The first-order valence-corrected chi connectivity index (χ1v) is 18.7. The maximum absolute atomic E-state index is 6.52. The fourth-order valence-electron chi connectivity index (χ4n) is 9.03. The van der Waals surface area contributed by atoms with Crippen molar-refractivity contribution < 1.29 is 8.83 Å². The molecule has 3 nitrogen and oxygen atoms in total. The molecule has 0 N–H and O–H groups in total. The summed E-state index contributed by atoms with van der Waals surface area (Å²) in [6.45, 7) is 0. The number of aromatic nitrogens is 1. The zero-order valence-electron chi connectivity index (χ0n) is 29.7. The lowest BCUT2D eigenvalue weighted by atomic mass is 9.85. The summed E-state index contributed by atoms with van der Waals surface area (Å²) in [7, 11) is 0. The van der Waals surface area contributed by atoms with E-state index in [4.69, 9.17) is 8.83 Å². The van der Waals surface area contributed by atoms with E-state index in [9.17, 15) is 0 Å². The molecule has 0 fully saturated rings. The first kappa shape index (κ1) is 30.1. The third-order valence-electron chi connectivity index (χ3n) is 11.4. The lowest BCUT2D eigenvalue weighted by Crippen LogP contribution is -1.94. The molecule has 0 amide bonds. The first-order chi connectivity index (χ1) is 27.3. The maximum Gasteiger partial charge on any atom is 0.136 e. The molecule has 0 unspecified atom stereocenters. The number of fused-ring (bicyclic) bond motifs is 9. The molecule has 0 spiro atoms. The van der Waals surface area contributed by atoms with Crippen LogP contribution in [0.15, 0.2) is 197 Å². The highest BCUT2D eigenvalue weighted by Gasteiger charge is 2.20. The summed E-state index contributed by atoms with van der Waals surface area (Å²) in [6, 6.07) is 65.4. The van der Waals surface area contributed by atoms with Gasteiger partial charge in [-0.25, -0.2) is 0 Å². The van der Waals surface area contributed by atoms with E-state index in [2.05, 4.69) is 180 Å². The van der Waals surface area contributed by atoms with Gasteiger partial charge in [0.25, 0.3) is 0 Å². The molecule has 256 valence electrons. The number of hydrogen-bond acceptors (Lipinski definition) is 2. The Balaban J connectivity index is 1.09. The van der Waals surface area contributed by atoms with Crippen molar-refractivity contribution >= 4 is 76.3 Å². The van der Waals surface area contributed by atoms with E-state index in [1.54, 1.807) is 0 Å². The van der Waals surface area contributed by atoms with Gasteiger partial charge in [-0.1, -0.05) is 133 Å². The standard InChI is InChI=1S/C52H31NO2/c1-3-13-32(14-4-1)45-31-54-49-29-43-42-27-33(24-26-48(42)55-50(43)30-44(45)49)51-38-18-7-9-20-40(38)52(41-21-10-8-19-39(41)51)34-23-25-37-36-17-11-12-22-46(36)53(47(37)28-34)35-15-5-2-6-16-35/h1-31H. The molecule has 0 aliphatic rings. The van der Waals surface area contributed by atoms with Gasteiger partial charge in [0.05, 0.1) is 17.3 Å². The number of benzene rings is 9. The molecule has 3 heterocycles. The monoisotopic (exact) mass is 701 g/mol. The largest absolute Gasteiger partial charge is 0.464 e.